The van der Waals surface area contributed by atoms with Gasteiger partial charge in [0.1, 0.15) is 5.69 Å². The van der Waals surface area contributed by atoms with E-state index in [1.807, 2.05) is 0 Å². The fraction of sp³-hybridized carbons (Fsp3) is 0.222. The van der Waals surface area contributed by atoms with Crippen molar-refractivity contribution in [1.29, 1.82) is 0 Å². The zero-order valence-electron chi connectivity index (χ0n) is 7.85. The second kappa shape index (κ2) is 3.38. The number of nitrogens with zero attached hydrogens (tertiary/aromatic N) is 4. The van der Waals surface area contributed by atoms with Crippen LogP contribution in [0.5, 0.6) is 0 Å². The lowest BCUT2D eigenvalue weighted by molar-refractivity contribution is 0.00972. The third kappa shape index (κ3) is 1.83. The van der Waals surface area contributed by atoms with Gasteiger partial charge in [-0.1, -0.05) is 0 Å². The van der Waals surface area contributed by atoms with Crippen LogP contribution in [0, 0.1) is 6.07 Å². The van der Waals surface area contributed by atoms with Crippen LogP contribution in [0.4, 0.5) is 8.78 Å². The Kier molecular flexibility index (Phi) is 2.18. The molecule has 0 saturated heterocycles. The van der Waals surface area contributed by atoms with Crippen molar-refractivity contribution in [3.8, 4) is 5.95 Å². The van der Waals surface area contributed by atoms with Crippen LogP contribution in [0.3, 0.4) is 0 Å². The number of alkyl halides is 2. The van der Waals surface area contributed by atoms with Crippen molar-refractivity contribution >= 4 is 0 Å². The van der Waals surface area contributed by atoms with Gasteiger partial charge in [0.2, 0.25) is 0 Å². The Hall–Kier alpha value is -1.85. The lowest BCUT2D eigenvalue weighted by atomic mass is 10.3. The topological polar surface area (TPSA) is 43.6 Å². The van der Waals surface area contributed by atoms with Crippen LogP contribution in [0.15, 0.2) is 24.7 Å². The van der Waals surface area contributed by atoms with Crippen molar-refractivity contribution in [2.75, 3.05) is 0 Å². The van der Waals surface area contributed by atoms with Crippen LogP contribution in [0.2, 0.25) is 0 Å². The first-order valence-corrected chi connectivity index (χ1v) is 4.20. The maximum Gasteiger partial charge on any atom is 0.287 e. The van der Waals surface area contributed by atoms with E-state index in [-0.39, 0.29) is 11.6 Å². The largest absolute Gasteiger partial charge is 0.287 e. The highest BCUT2D eigenvalue weighted by atomic mass is 19.3. The summed E-state index contributed by atoms with van der Waals surface area (Å²) in [6.45, 7) is 0.778. The van der Waals surface area contributed by atoms with Crippen molar-refractivity contribution in [3.05, 3.63) is 36.4 Å². The van der Waals surface area contributed by atoms with Gasteiger partial charge in [-0.15, -0.1) is 0 Å². The highest BCUT2D eigenvalue weighted by molar-refractivity contribution is 5.17. The Morgan fingerprint density at radius 2 is 2.00 bits per heavy atom. The molecule has 1 radical (unpaired) electrons. The van der Waals surface area contributed by atoms with Crippen LogP contribution >= 0.6 is 0 Å². The molecule has 0 N–H and O–H groups in total. The molecule has 4 nitrogen and oxygen atoms in total. The van der Waals surface area contributed by atoms with Crippen molar-refractivity contribution in [2.24, 2.45) is 0 Å². The minimum Gasteiger partial charge on any atom is -0.220 e. The number of halogens is 2. The quantitative estimate of drug-likeness (QED) is 0.754. The molecule has 15 heavy (non-hydrogen) atoms. The number of hydrogen-bond donors (Lipinski definition) is 0. The SMILES string of the molecule is CC(F)(F)c1[c]cnn1-c1ncccn1. The van der Waals surface area contributed by atoms with Crippen LogP contribution < -0.4 is 0 Å². The summed E-state index contributed by atoms with van der Waals surface area (Å²) in [5, 5.41) is 3.71. The molecule has 0 aliphatic carbocycles. The lowest BCUT2D eigenvalue weighted by Gasteiger charge is -2.10. The molecule has 0 bridgehead atoms. The molecule has 6 heteroatoms. The average Bonchev–Trinajstić information content (AvgIpc) is 2.67. The van der Waals surface area contributed by atoms with Gasteiger partial charge in [-0.05, 0) is 6.07 Å². The van der Waals surface area contributed by atoms with E-state index in [2.05, 4.69) is 21.1 Å². The summed E-state index contributed by atoms with van der Waals surface area (Å²) in [5.41, 5.74) is -0.353. The van der Waals surface area contributed by atoms with Crippen LogP contribution in [-0.4, -0.2) is 19.7 Å². The molecule has 0 spiro atoms. The monoisotopic (exact) mass is 209 g/mol. The van der Waals surface area contributed by atoms with Crippen LogP contribution in [0.25, 0.3) is 5.95 Å². The maximum absolute atomic E-state index is 13.1. The van der Waals surface area contributed by atoms with Crippen molar-refractivity contribution in [1.82, 2.24) is 19.7 Å². The molecule has 77 valence electrons. The molecule has 2 heterocycles. The third-order valence-corrected chi connectivity index (χ3v) is 1.74. The molecule has 0 aliphatic heterocycles. The minimum atomic E-state index is -3.02. The van der Waals surface area contributed by atoms with E-state index in [0.717, 1.165) is 11.6 Å². The molecule has 0 saturated carbocycles. The first-order valence-electron chi connectivity index (χ1n) is 4.20. The van der Waals surface area contributed by atoms with Gasteiger partial charge in [0.05, 0.1) is 6.20 Å². The van der Waals surface area contributed by atoms with Gasteiger partial charge in [-0.3, -0.25) is 0 Å². The molecule has 0 amide bonds. The molecule has 0 aliphatic rings. The Labute approximate surface area is 84.6 Å². The smallest absolute Gasteiger partial charge is 0.220 e. The van der Waals surface area contributed by atoms with E-state index in [1.165, 1.54) is 18.6 Å². The Bertz CT molecular complexity index is 447. The zero-order valence-corrected chi connectivity index (χ0v) is 7.85. The fourth-order valence-electron chi connectivity index (χ4n) is 1.13. The van der Waals surface area contributed by atoms with E-state index in [0.29, 0.717) is 0 Å². The Balaban J connectivity index is 2.51. The summed E-state index contributed by atoms with van der Waals surface area (Å²) in [5.74, 6) is -2.91. The number of rotatable bonds is 2. The second-order valence-electron chi connectivity index (χ2n) is 2.99. The summed E-state index contributed by atoms with van der Waals surface area (Å²) in [7, 11) is 0. The van der Waals surface area contributed by atoms with Gasteiger partial charge < -0.3 is 0 Å². The second-order valence-corrected chi connectivity index (χ2v) is 2.99. The molecule has 2 aromatic heterocycles. The molecule has 0 aromatic carbocycles. The van der Waals surface area contributed by atoms with E-state index in [4.69, 9.17) is 0 Å². The molecule has 0 atom stereocenters. The molecular weight excluding hydrogens is 202 g/mol. The summed E-state index contributed by atoms with van der Waals surface area (Å²) in [4.78, 5) is 7.66. The van der Waals surface area contributed by atoms with Gasteiger partial charge in [0, 0.05) is 25.4 Å². The van der Waals surface area contributed by atoms with E-state index >= 15 is 0 Å². The molecular formula is C9H7F2N4. The fourth-order valence-corrected chi connectivity index (χ4v) is 1.13. The Morgan fingerprint density at radius 3 is 2.60 bits per heavy atom. The highest BCUT2D eigenvalue weighted by Gasteiger charge is 2.30. The summed E-state index contributed by atoms with van der Waals surface area (Å²) in [6.07, 6.45) is 4.09. The molecule has 0 unspecified atom stereocenters. The minimum absolute atomic E-state index is 0.107. The van der Waals surface area contributed by atoms with Crippen molar-refractivity contribution in [3.63, 3.8) is 0 Å². The third-order valence-electron chi connectivity index (χ3n) is 1.74. The van der Waals surface area contributed by atoms with Gasteiger partial charge in [0.25, 0.3) is 11.9 Å². The van der Waals surface area contributed by atoms with Gasteiger partial charge in [-0.2, -0.15) is 18.6 Å². The summed E-state index contributed by atoms with van der Waals surface area (Å²) < 4.78 is 27.1. The van der Waals surface area contributed by atoms with Crippen molar-refractivity contribution in [2.45, 2.75) is 12.8 Å². The van der Waals surface area contributed by atoms with Gasteiger partial charge in [-0.25, -0.2) is 9.97 Å². The summed E-state index contributed by atoms with van der Waals surface area (Å²) in [6, 6.07) is 3.96. The standard InChI is InChI=1S/C9H7F2N4/c1-9(10,11)7-3-6-14-15(7)8-12-4-2-5-13-8/h2,4-6H,1H3. The van der Waals surface area contributed by atoms with E-state index in [9.17, 15) is 8.78 Å². The predicted molar refractivity (Wildman–Crippen MR) is 47.6 cm³/mol. The Morgan fingerprint density at radius 1 is 1.33 bits per heavy atom. The van der Waals surface area contributed by atoms with E-state index < -0.39 is 5.92 Å². The van der Waals surface area contributed by atoms with E-state index in [1.54, 1.807) is 6.07 Å². The normalized spacial score (nSPS) is 11.7. The lowest BCUT2D eigenvalue weighted by Crippen LogP contribution is -2.16. The van der Waals surface area contributed by atoms with Crippen LogP contribution in [0.1, 0.15) is 12.6 Å². The predicted octanol–water partition coefficient (Wildman–Crippen LogP) is 1.57. The molecule has 0 fully saturated rings. The molecule has 2 aromatic rings. The van der Waals surface area contributed by atoms with Gasteiger partial charge >= 0.3 is 0 Å². The number of aromatic nitrogens is 4. The van der Waals surface area contributed by atoms with Crippen molar-refractivity contribution < 1.29 is 8.78 Å². The van der Waals surface area contributed by atoms with Gasteiger partial charge in [0.15, 0.2) is 0 Å². The number of hydrogen-bond acceptors (Lipinski definition) is 3. The maximum atomic E-state index is 13.1. The highest BCUT2D eigenvalue weighted by Crippen LogP contribution is 2.26. The summed E-state index contributed by atoms with van der Waals surface area (Å²) >= 11 is 0. The zero-order chi connectivity index (χ0) is 10.9. The first-order chi connectivity index (χ1) is 7.09. The van der Waals surface area contributed by atoms with Crippen LogP contribution in [-0.2, 0) is 5.92 Å². The first kappa shape index (κ1) is 9.70. The molecule has 2 rings (SSSR count). The average molecular weight is 209 g/mol.